The maximum absolute atomic E-state index is 12.3. The molecule has 0 amide bonds. The Balaban J connectivity index is 1.67. The van der Waals surface area contributed by atoms with Crippen LogP contribution in [0.3, 0.4) is 0 Å². The zero-order chi connectivity index (χ0) is 17.9. The van der Waals surface area contributed by atoms with E-state index in [1.54, 1.807) is 17.4 Å². The second kappa shape index (κ2) is 7.47. The number of nitrogens with zero attached hydrogens (tertiary/aromatic N) is 1. The van der Waals surface area contributed by atoms with Crippen LogP contribution in [0.4, 0.5) is 0 Å². The average molecular weight is 391 g/mol. The molecule has 0 fully saturated rings. The van der Waals surface area contributed by atoms with Gasteiger partial charge in [-0.2, -0.15) is 5.26 Å². The first-order chi connectivity index (χ1) is 12.0. The highest BCUT2D eigenvalue weighted by Crippen LogP contribution is 2.33. The zero-order valence-corrected chi connectivity index (χ0v) is 15.4. The molecule has 0 saturated heterocycles. The van der Waals surface area contributed by atoms with Gasteiger partial charge in [-0.1, -0.05) is 6.07 Å². The minimum atomic E-state index is -3.74. The molecule has 2 aromatic heterocycles. The first-order valence-electron chi connectivity index (χ1n) is 7.31. The summed E-state index contributed by atoms with van der Waals surface area (Å²) in [6, 6.07) is 15.2. The average Bonchev–Trinajstić information content (AvgIpc) is 3.31. The standard InChI is InChI=1S/C17H14N2O3S3/c18-10-12-3-5-13(6-4-12)25(21,22)19-11-14(20)15-7-8-17(24-15)16-2-1-9-23-16/h1-9,14,19-20H,11H2. The number of nitriles is 1. The molecule has 8 heteroatoms. The second-order valence-corrected chi connectivity index (χ2v) is 9.01. The van der Waals surface area contributed by atoms with Crippen LogP contribution in [0, 0.1) is 11.3 Å². The van der Waals surface area contributed by atoms with Gasteiger partial charge in [0.25, 0.3) is 0 Å². The van der Waals surface area contributed by atoms with Crippen molar-refractivity contribution in [3.05, 3.63) is 64.4 Å². The number of nitrogens with one attached hydrogen (secondary N) is 1. The van der Waals surface area contributed by atoms with Crippen molar-refractivity contribution in [3.63, 3.8) is 0 Å². The van der Waals surface area contributed by atoms with Gasteiger partial charge in [0.1, 0.15) is 6.10 Å². The summed E-state index contributed by atoms with van der Waals surface area (Å²) < 4.78 is 26.9. The molecule has 0 radical (unpaired) electrons. The van der Waals surface area contributed by atoms with E-state index in [2.05, 4.69) is 4.72 Å². The number of hydrogen-bond acceptors (Lipinski definition) is 6. The Kier molecular flexibility index (Phi) is 5.32. The predicted molar refractivity (Wildman–Crippen MR) is 98.9 cm³/mol. The highest BCUT2D eigenvalue weighted by molar-refractivity contribution is 7.89. The predicted octanol–water partition coefficient (Wildman–Crippen LogP) is 3.36. The lowest BCUT2D eigenvalue weighted by Gasteiger charge is -2.11. The number of rotatable bonds is 6. The Hall–Kier alpha value is -2.02. The molecule has 1 unspecified atom stereocenters. The first kappa shape index (κ1) is 17.8. The van der Waals surface area contributed by atoms with Gasteiger partial charge in [-0.3, -0.25) is 0 Å². The van der Waals surface area contributed by atoms with Crippen molar-refractivity contribution in [2.24, 2.45) is 0 Å². The molecule has 25 heavy (non-hydrogen) atoms. The Bertz CT molecular complexity index is 985. The minimum Gasteiger partial charge on any atom is -0.386 e. The maximum Gasteiger partial charge on any atom is 0.240 e. The molecule has 0 aliphatic rings. The third kappa shape index (κ3) is 4.15. The van der Waals surface area contributed by atoms with E-state index in [4.69, 9.17) is 5.26 Å². The zero-order valence-electron chi connectivity index (χ0n) is 12.9. The SMILES string of the molecule is N#Cc1ccc(S(=O)(=O)NCC(O)c2ccc(-c3cccs3)s2)cc1. The smallest absolute Gasteiger partial charge is 0.240 e. The Morgan fingerprint density at radius 3 is 2.52 bits per heavy atom. The van der Waals surface area contributed by atoms with Crippen molar-refractivity contribution in [1.29, 1.82) is 5.26 Å². The number of benzene rings is 1. The summed E-state index contributed by atoms with van der Waals surface area (Å²) in [4.78, 5) is 2.91. The highest BCUT2D eigenvalue weighted by atomic mass is 32.2. The van der Waals surface area contributed by atoms with Gasteiger partial charge in [0, 0.05) is 21.2 Å². The molecular weight excluding hydrogens is 376 g/mol. The van der Waals surface area contributed by atoms with Crippen LogP contribution in [0.5, 0.6) is 0 Å². The largest absolute Gasteiger partial charge is 0.386 e. The molecule has 0 aliphatic carbocycles. The van der Waals surface area contributed by atoms with Crippen molar-refractivity contribution in [3.8, 4) is 15.8 Å². The minimum absolute atomic E-state index is 0.0594. The van der Waals surface area contributed by atoms with E-state index < -0.39 is 16.1 Å². The number of aliphatic hydroxyl groups excluding tert-OH is 1. The second-order valence-electron chi connectivity index (χ2n) is 5.18. The quantitative estimate of drug-likeness (QED) is 0.675. The van der Waals surface area contributed by atoms with Crippen LogP contribution < -0.4 is 4.72 Å². The molecule has 0 bridgehead atoms. The molecule has 0 aliphatic heterocycles. The molecule has 3 rings (SSSR count). The van der Waals surface area contributed by atoms with E-state index in [1.165, 1.54) is 35.6 Å². The van der Waals surface area contributed by atoms with Gasteiger partial charge in [-0.15, -0.1) is 22.7 Å². The normalized spacial score (nSPS) is 12.6. The van der Waals surface area contributed by atoms with Gasteiger partial charge in [0.15, 0.2) is 0 Å². The molecule has 2 N–H and O–H groups in total. The van der Waals surface area contributed by atoms with Crippen LogP contribution in [-0.2, 0) is 10.0 Å². The fourth-order valence-electron chi connectivity index (χ4n) is 2.16. The van der Waals surface area contributed by atoms with Crippen LogP contribution in [0.1, 0.15) is 16.5 Å². The maximum atomic E-state index is 12.3. The lowest BCUT2D eigenvalue weighted by molar-refractivity contribution is 0.186. The van der Waals surface area contributed by atoms with Crippen molar-refractivity contribution in [1.82, 2.24) is 4.72 Å². The first-order valence-corrected chi connectivity index (χ1v) is 10.5. The molecule has 3 aromatic rings. The van der Waals surface area contributed by atoms with E-state index in [1.807, 2.05) is 29.6 Å². The summed E-state index contributed by atoms with van der Waals surface area (Å²) in [5.41, 5.74) is 0.388. The van der Waals surface area contributed by atoms with Gasteiger partial charge < -0.3 is 5.11 Å². The van der Waals surface area contributed by atoms with Crippen LogP contribution in [0.2, 0.25) is 0 Å². The molecule has 0 saturated carbocycles. The lowest BCUT2D eigenvalue weighted by Crippen LogP contribution is -2.28. The Labute approximate surface area is 153 Å². The summed E-state index contributed by atoms with van der Waals surface area (Å²) >= 11 is 3.05. The van der Waals surface area contributed by atoms with E-state index in [-0.39, 0.29) is 11.4 Å². The lowest BCUT2D eigenvalue weighted by atomic mass is 10.2. The van der Waals surface area contributed by atoms with Crippen molar-refractivity contribution < 1.29 is 13.5 Å². The van der Waals surface area contributed by atoms with Crippen LogP contribution in [0.25, 0.3) is 9.75 Å². The van der Waals surface area contributed by atoms with Crippen molar-refractivity contribution >= 4 is 32.7 Å². The number of aliphatic hydroxyl groups is 1. The third-order valence-corrected chi connectivity index (χ3v) is 7.17. The fraction of sp³-hybridized carbons (Fsp3) is 0.118. The number of hydrogen-bond donors (Lipinski definition) is 2. The molecule has 5 nitrogen and oxygen atoms in total. The van der Waals surface area contributed by atoms with Crippen molar-refractivity contribution in [2.45, 2.75) is 11.0 Å². The monoisotopic (exact) mass is 390 g/mol. The van der Waals surface area contributed by atoms with E-state index in [9.17, 15) is 13.5 Å². The summed E-state index contributed by atoms with van der Waals surface area (Å²) in [5, 5.41) is 21.0. The summed E-state index contributed by atoms with van der Waals surface area (Å²) in [5.74, 6) is 0. The molecule has 1 atom stereocenters. The van der Waals surface area contributed by atoms with Crippen LogP contribution in [0.15, 0.2) is 58.8 Å². The number of thiophene rings is 2. The third-order valence-electron chi connectivity index (χ3n) is 3.48. The summed E-state index contributed by atoms with van der Waals surface area (Å²) in [6.45, 7) is -0.118. The molecule has 128 valence electrons. The molecule has 2 heterocycles. The Morgan fingerprint density at radius 2 is 1.88 bits per heavy atom. The van der Waals surface area contributed by atoms with Crippen LogP contribution in [-0.4, -0.2) is 20.1 Å². The summed E-state index contributed by atoms with van der Waals surface area (Å²) in [7, 11) is -3.74. The van der Waals surface area contributed by atoms with E-state index in [0.29, 0.717) is 10.4 Å². The summed E-state index contributed by atoms with van der Waals surface area (Å²) in [6.07, 6.45) is -0.924. The van der Waals surface area contributed by atoms with Gasteiger partial charge >= 0.3 is 0 Å². The van der Waals surface area contributed by atoms with Crippen molar-refractivity contribution in [2.75, 3.05) is 6.54 Å². The van der Waals surface area contributed by atoms with Gasteiger partial charge in [-0.25, -0.2) is 13.1 Å². The molecule has 0 spiro atoms. The van der Waals surface area contributed by atoms with Gasteiger partial charge in [0.05, 0.1) is 16.5 Å². The fourth-order valence-corrected chi connectivity index (χ4v) is 5.03. The van der Waals surface area contributed by atoms with E-state index >= 15 is 0 Å². The van der Waals surface area contributed by atoms with Gasteiger partial charge in [0.2, 0.25) is 10.0 Å². The topological polar surface area (TPSA) is 90.2 Å². The highest BCUT2D eigenvalue weighted by Gasteiger charge is 2.18. The molecule has 1 aromatic carbocycles. The number of sulfonamides is 1. The molecular formula is C17H14N2O3S3. The van der Waals surface area contributed by atoms with Crippen LogP contribution >= 0.6 is 22.7 Å². The van der Waals surface area contributed by atoms with E-state index in [0.717, 1.165) is 9.75 Å². The van der Waals surface area contributed by atoms with Gasteiger partial charge in [-0.05, 0) is 47.8 Å². The Morgan fingerprint density at radius 1 is 1.12 bits per heavy atom.